The van der Waals surface area contributed by atoms with E-state index in [1.54, 1.807) is 29.2 Å². The molecule has 0 aromatic heterocycles. The van der Waals surface area contributed by atoms with Crippen LogP contribution in [0.25, 0.3) is 0 Å². The highest BCUT2D eigenvalue weighted by Crippen LogP contribution is 2.23. The molecule has 1 aromatic rings. The maximum atomic E-state index is 12.3. The minimum Gasteiger partial charge on any atom is -0.467 e. The Morgan fingerprint density at radius 1 is 1.00 bits per heavy atom. The molecule has 27 heavy (non-hydrogen) atoms. The topological polar surface area (TPSA) is 84.0 Å². The van der Waals surface area contributed by atoms with Crippen molar-refractivity contribution in [1.29, 1.82) is 0 Å². The van der Waals surface area contributed by atoms with Crippen LogP contribution in [0.15, 0.2) is 24.3 Å². The number of unbranched alkanes of at least 4 members (excludes halogenated alkanes) is 3. The molecular formula is C20H24N2O5. The molecule has 0 saturated carbocycles. The average Bonchev–Trinajstić information content (AvgIpc) is 3.16. The Kier molecular flexibility index (Phi) is 5.88. The lowest BCUT2D eigenvalue weighted by molar-refractivity contribution is -0.149. The number of fused-ring (bicyclic) bond motifs is 1. The van der Waals surface area contributed by atoms with Crippen molar-refractivity contribution in [3.8, 4) is 0 Å². The highest BCUT2D eigenvalue weighted by molar-refractivity contribution is 6.21. The van der Waals surface area contributed by atoms with Gasteiger partial charge in [-0.3, -0.25) is 19.3 Å². The van der Waals surface area contributed by atoms with Gasteiger partial charge in [0, 0.05) is 19.5 Å². The predicted molar refractivity (Wildman–Crippen MR) is 97.0 cm³/mol. The Balaban J connectivity index is 1.39. The lowest BCUT2D eigenvalue weighted by Gasteiger charge is -2.22. The van der Waals surface area contributed by atoms with Gasteiger partial charge < -0.3 is 9.64 Å². The molecule has 1 atom stereocenters. The van der Waals surface area contributed by atoms with E-state index in [1.165, 1.54) is 12.0 Å². The summed E-state index contributed by atoms with van der Waals surface area (Å²) in [6.07, 6.45) is 4.12. The van der Waals surface area contributed by atoms with Crippen LogP contribution in [-0.4, -0.2) is 59.7 Å². The van der Waals surface area contributed by atoms with E-state index in [0.29, 0.717) is 37.1 Å². The quantitative estimate of drug-likeness (QED) is 0.396. The number of benzene rings is 1. The lowest BCUT2D eigenvalue weighted by atomic mass is 10.1. The number of hydrogen-bond acceptors (Lipinski definition) is 5. The van der Waals surface area contributed by atoms with Crippen LogP contribution in [0.1, 0.15) is 59.2 Å². The number of hydrogen-bond donors (Lipinski definition) is 0. The third kappa shape index (κ3) is 3.86. The number of esters is 1. The van der Waals surface area contributed by atoms with Crippen LogP contribution >= 0.6 is 0 Å². The first-order valence-corrected chi connectivity index (χ1v) is 9.37. The van der Waals surface area contributed by atoms with E-state index in [-0.39, 0.29) is 23.7 Å². The SMILES string of the molecule is COC(=O)C1CCC(=O)N1CCCCCCN1C(=O)c2ccccc2C1=O. The van der Waals surface area contributed by atoms with Gasteiger partial charge >= 0.3 is 5.97 Å². The molecule has 1 unspecified atom stereocenters. The van der Waals surface area contributed by atoms with Crippen LogP contribution in [0.2, 0.25) is 0 Å². The van der Waals surface area contributed by atoms with E-state index in [2.05, 4.69) is 0 Å². The molecule has 2 aliphatic rings. The molecular weight excluding hydrogens is 348 g/mol. The average molecular weight is 372 g/mol. The number of rotatable bonds is 8. The van der Waals surface area contributed by atoms with Crippen molar-refractivity contribution >= 4 is 23.7 Å². The van der Waals surface area contributed by atoms with Gasteiger partial charge in [0.1, 0.15) is 6.04 Å². The van der Waals surface area contributed by atoms with Crippen molar-refractivity contribution < 1.29 is 23.9 Å². The molecule has 3 amide bonds. The number of amides is 3. The molecule has 3 rings (SSSR count). The normalized spacial score (nSPS) is 19.0. The molecule has 7 nitrogen and oxygen atoms in total. The zero-order chi connectivity index (χ0) is 19.4. The molecule has 0 aliphatic carbocycles. The number of likely N-dealkylation sites (tertiary alicyclic amines) is 1. The summed E-state index contributed by atoms with van der Waals surface area (Å²) in [5.41, 5.74) is 0.952. The first-order chi connectivity index (χ1) is 13.0. The number of methoxy groups -OCH3 is 1. The zero-order valence-electron chi connectivity index (χ0n) is 15.5. The molecule has 0 bridgehead atoms. The molecule has 1 fully saturated rings. The van der Waals surface area contributed by atoms with E-state index >= 15 is 0 Å². The summed E-state index contributed by atoms with van der Waals surface area (Å²) in [7, 11) is 1.34. The standard InChI is InChI=1S/C20H24N2O5/c1-27-20(26)16-10-11-17(23)21(16)12-6-2-3-7-13-22-18(24)14-8-4-5-9-15(14)19(22)25/h4-5,8-9,16H,2-3,6-7,10-13H2,1H3. The fourth-order valence-electron chi connectivity index (χ4n) is 3.74. The third-order valence-electron chi connectivity index (χ3n) is 5.21. The summed E-state index contributed by atoms with van der Waals surface area (Å²) in [6.45, 7) is 0.936. The van der Waals surface area contributed by atoms with E-state index in [1.807, 2.05) is 0 Å². The van der Waals surface area contributed by atoms with Crippen LogP contribution in [-0.2, 0) is 14.3 Å². The molecule has 0 radical (unpaired) electrons. The molecule has 1 aromatic carbocycles. The van der Waals surface area contributed by atoms with Crippen LogP contribution in [0.3, 0.4) is 0 Å². The molecule has 0 N–H and O–H groups in total. The van der Waals surface area contributed by atoms with E-state index in [9.17, 15) is 19.2 Å². The highest BCUT2D eigenvalue weighted by atomic mass is 16.5. The van der Waals surface area contributed by atoms with Gasteiger partial charge in [-0.25, -0.2) is 4.79 Å². The highest BCUT2D eigenvalue weighted by Gasteiger charge is 2.36. The van der Waals surface area contributed by atoms with Gasteiger partial charge in [-0.05, 0) is 31.4 Å². The molecule has 2 aliphatic heterocycles. The summed E-state index contributed by atoms with van der Waals surface area (Å²) in [5.74, 6) is -0.804. The monoisotopic (exact) mass is 372 g/mol. The third-order valence-corrected chi connectivity index (χ3v) is 5.21. The van der Waals surface area contributed by atoms with Gasteiger partial charge in [0.25, 0.3) is 11.8 Å². The zero-order valence-corrected chi connectivity index (χ0v) is 15.5. The van der Waals surface area contributed by atoms with Gasteiger partial charge in [0.15, 0.2) is 0 Å². The van der Waals surface area contributed by atoms with Crippen molar-refractivity contribution in [2.45, 2.75) is 44.6 Å². The second kappa shape index (κ2) is 8.33. The fraction of sp³-hybridized carbons (Fsp3) is 0.500. The van der Waals surface area contributed by atoms with Gasteiger partial charge in [-0.2, -0.15) is 0 Å². The summed E-state index contributed by atoms with van der Waals surface area (Å²) in [4.78, 5) is 51.1. The van der Waals surface area contributed by atoms with Gasteiger partial charge in [0.2, 0.25) is 5.91 Å². The second-order valence-electron chi connectivity index (χ2n) is 6.89. The number of ether oxygens (including phenoxy) is 1. The lowest BCUT2D eigenvalue weighted by Crippen LogP contribution is -2.39. The summed E-state index contributed by atoms with van der Waals surface area (Å²) < 4.78 is 4.76. The van der Waals surface area contributed by atoms with Gasteiger partial charge in [-0.15, -0.1) is 0 Å². The van der Waals surface area contributed by atoms with Crippen LogP contribution in [0, 0.1) is 0 Å². The number of imide groups is 1. The number of nitrogens with zero attached hydrogens (tertiary/aromatic N) is 2. The summed E-state index contributed by atoms with van der Waals surface area (Å²) >= 11 is 0. The largest absolute Gasteiger partial charge is 0.467 e. The van der Waals surface area contributed by atoms with Crippen molar-refractivity contribution in [1.82, 2.24) is 9.80 Å². The van der Waals surface area contributed by atoms with Gasteiger partial charge in [0.05, 0.1) is 18.2 Å². The Labute approximate surface area is 158 Å². The fourth-order valence-corrected chi connectivity index (χ4v) is 3.74. The molecule has 1 saturated heterocycles. The van der Waals surface area contributed by atoms with Crippen molar-refractivity contribution in [2.75, 3.05) is 20.2 Å². The Bertz CT molecular complexity index is 725. The Morgan fingerprint density at radius 2 is 1.59 bits per heavy atom. The molecule has 144 valence electrons. The van der Waals surface area contributed by atoms with Crippen LogP contribution in [0.4, 0.5) is 0 Å². The molecule has 2 heterocycles. The van der Waals surface area contributed by atoms with Crippen molar-refractivity contribution in [3.63, 3.8) is 0 Å². The first-order valence-electron chi connectivity index (χ1n) is 9.37. The van der Waals surface area contributed by atoms with Crippen molar-refractivity contribution in [3.05, 3.63) is 35.4 Å². The number of carbonyl (C=O) groups is 4. The van der Waals surface area contributed by atoms with Crippen LogP contribution < -0.4 is 0 Å². The van der Waals surface area contributed by atoms with E-state index in [4.69, 9.17) is 4.74 Å². The molecule has 0 spiro atoms. The molecule has 7 heteroatoms. The predicted octanol–water partition coefficient (Wildman–Crippen LogP) is 2.01. The Morgan fingerprint density at radius 3 is 2.19 bits per heavy atom. The van der Waals surface area contributed by atoms with Gasteiger partial charge in [-0.1, -0.05) is 25.0 Å². The smallest absolute Gasteiger partial charge is 0.328 e. The van der Waals surface area contributed by atoms with Crippen molar-refractivity contribution in [2.24, 2.45) is 0 Å². The first kappa shape index (κ1) is 19.1. The second-order valence-corrected chi connectivity index (χ2v) is 6.89. The number of carbonyl (C=O) groups excluding carboxylic acids is 4. The van der Waals surface area contributed by atoms with Crippen LogP contribution in [0.5, 0.6) is 0 Å². The van der Waals surface area contributed by atoms with E-state index in [0.717, 1.165) is 25.7 Å². The Hall–Kier alpha value is -2.70. The maximum absolute atomic E-state index is 12.3. The minimum atomic E-state index is -0.458. The summed E-state index contributed by atoms with van der Waals surface area (Å²) in [6, 6.07) is 6.42. The summed E-state index contributed by atoms with van der Waals surface area (Å²) in [5, 5.41) is 0. The van der Waals surface area contributed by atoms with E-state index < -0.39 is 6.04 Å². The maximum Gasteiger partial charge on any atom is 0.328 e. The minimum absolute atomic E-state index is 0.00331.